The summed E-state index contributed by atoms with van der Waals surface area (Å²) in [5.41, 5.74) is 3.99. The van der Waals surface area contributed by atoms with Crippen molar-refractivity contribution in [3.63, 3.8) is 0 Å². The number of rotatable bonds is 12. The Hall–Kier alpha value is -3.64. The summed E-state index contributed by atoms with van der Waals surface area (Å²) < 4.78 is 6.07. The van der Waals surface area contributed by atoms with Gasteiger partial charge in [-0.25, -0.2) is 0 Å². The Morgan fingerprint density at radius 1 is 0.921 bits per heavy atom. The van der Waals surface area contributed by atoms with Crippen LogP contribution in [0.2, 0.25) is 0 Å². The number of para-hydroxylation sites is 1. The molecule has 1 fully saturated rings. The lowest BCUT2D eigenvalue weighted by Crippen LogP contribution is -2.41. The third-order valence-corrected chi connectivity index (χ3v) is 6.84. The molecule has 0 aromatic heterocycles. The zero-order valence-electron chi connectivity index (χ0n) is 22.4. The Morgan fingerprint density at radius 3 is 2.18 bits per heavy atom. The lowest BCUT2D eigenvalue weighted by atomic mass is 9.97. The Balaban J connectivity index is 0.00000127. The second-order valence-corrected chi connectivity index (χ2v) is 9.58. The summed E-state index contributed by atoms with van der Waals surface area (Å²) in [7, 11) is 0. The minimum atomic E-state index is -1.08. The molecule has 38 heavy (non-hydrogen) atoms. The van der Waals surface area contributed by atoms with Gasteiger partial charge in [-0.1, -0.05) is 87.7 Å². The van der Waals surface area contributed by atoms with Gasteiger partial charge in [0.05, 0.1) is 13.2 Å². The van der Waals surface area contributed by atoms with Crippen LogP contribution in [0.4, 0.5) is 0 Å². The maximum Gasteiger partial charge on any atom is 0.290 e. The quantitative estimate of drug-likeness (QED) is 0.159. The summed E-state index contributed by atoms with van der Waals surface area (Å²) in [5, 5.41) is 17.9. The van der Waals surface area contributed by atoms with E-state index >= 15 is 0 Å². The van der Waals surface area contributed by atoms with Crippen molar-refractivity contribution in [3.05, 3.63) is 89.5 Å². The number of hydrogen-bond donors (Lipinski definition) is 2. The first-order valence-electron chi connectivity index (χ1n) is 13.5. The van der Waals surface area contributed by atoms with Crippen LogP contribution in [0.15, 0.2) is 72.8 Å². The van der Waals surface area contributed by atoms with Gasteiger partial charge < -0.3 is 19.8 Å². The number of benzene rings is 3. The molecule has 1 amide bonds. The first-order chi connectivity index (χ1) is 18.5. The summed E-state index contributed by atoms with van der Waals surface area (Å²) in [6, 6.07) is 24.0. The normalized spacial score (nSPS) is 13.1. The second kappa shape index (κ2) is 14.3. The zero-order valence-corrected chi connectivity index (χ0v) is 22.4. The number of amides is 1. The van der Waals surface area contributed by atoms with Gasteiger partial charge in [-0.15, -0.1) is 0 Å². The lowest BCUT2D eigenvalue weighted by molar-refractivity contribution is -0.122. The van der Waals surface area contributed by atoms with Gasteiger partial charge in [0.1, 0.15) is 11.5 Å². The third-order valence-electron chi connectivity index (χ3n) is 6.84. The van der Waals surface area contributed by atoms with E-state index in [4.69, 9.17) is 14.6 Å². The number of unbranched alkanes of at least 4 members (excludes halogenated alkanes) is 3. The van der Waals surface area contributed by atoms with Gasteiger partial charge in [0.2, 0.25) is 0 Å². The molecule has 2 N–H and O–H groups in total. The van der Waals surface area contributed by atoms with Crippen LogP contribution in [0.5, 0.6) is 5.75 Å². The molecule has 6 heteroatoms. The van der Waals surface area contributed by atoms with Crippen molar-refractivity contribution >= 4 is 12.4 Å². The van der Waals surface area contributed by atoms with Crippen LogP contribution in [0.25, 0.3) is 11.1 Å². The van der Waals surface area contributed by atoms with E-state index in [9.17, 15) is 9.90 Å². The van der Waals surface area contributed by atoms with E-state index in [-0.39, 0.29) is 12.4 Å². The monoisotopic (exact) mass is 517 g/mol. The molecule has 3 aromatic rings. The molecular formula is C32H39NO5. The summed E-state index contributed by atoms with van der Waals surface area (Å²) in [5.74, 6) is 0.635. The highest BCUT2D eigenvalue weighted by Gasteiger charge is 2.49. The molecule has 1 saturated carbocycles. The molecule has 0 spiro atoms. The van der Waals surface area contributed by atoms with Gasteiger partial charge >= 0.3 is 0 Å². The molecule has 0 bridgehead atoms. The fraction of sp³-hybridized carbons (Fsp3) is 0.375. The largest absolute Gasteiger partial charge is 0.493 e. The van der Waals surface area contributed by atoms with Crippen LogP contribution >= 0.6 is 0 Å². The molecule has 202 valence electrons. The average Bonchev–Trinajstić information content (AvgIpc) is 3.70. The van der Waals surface area contributed by atoms with Crippen LogP contribution in [0, 0.1) is 0 Å². The van der Waals surface area contributed by atoms with E-state index in [2.05, 4.69) is 32.0 Å². The van der Waals surface area contributed by atoms with Gasteiger partial charge in [0.25, 0.3) is 12.4 Å². The number of carbonyl (C=O) groups is 2. The van der Waals surface area contributed by atoms with Crippen molar-refractivity contribution in [3.8, 4) is 16.9 Å². The van der Waals surface area contributed by atoms with Crippen molar-refractivity contribution in [1.82, 2.24) is 4.90 Å². The number of ether oxygens (including phenoxy) is 1. The van der Waals surface area contributed by atoms with Gasteiger partial charge in [-0.2, -0.15) is 0 Å². The number of aryl methyl sites for hydroxylation is 1. The van der Waals surface area contributed by atoms with Crippen molar-refractivity contribution < 1.29 is 24.5 Å². The molecular weight excluding hydrogens is 478 g/mol. The number of carbonyl (C=O) groups excluding carboxylic acids is 1. The number of aliphatic hydroxyl groups is 1. The molecule has 1 aliphatic carbocycles. The first kappa shape index (κ1) is 28.9. The summed E-state index contributed by atoms with van der Waals surface area (Å²) in [6.07, 6.45) is 6.73. The highest BCUT2D eigenvalue weighted by atomic mass is 16.5. The van der Waals surface area contributed by atoms with E-state index in [1.807, 2.05) is 54.6 Å². The van der Waals surface area contributed by atoms with E-state index in [0.29, 0.717) is 31.6 Å². The number of nitrogens with zero attached hydrogens (tertiary/aromatic N) is 1. The third kappa shape index (κ3) is 7.68. The van der Waals surface area contributed by atoms with Crippen molar-refractivity contribution in [2.75, 3.05) is 6.61 Å². The minimum absolute atomic E-state index is 0.155. The fourth-order valence-corrected chi connectivity index (χ4v) is 4.50. The zero-order chi connectivity index (χ0) is 27.4. The van der Waals surface area contributed by atoms with E-state index in [1.165, 1.54) is 24.0 Å². The summed E-state index contributed by atoms with van der Waals surface area (Å²) >= 11 is 0. The predicted molar refractivity (Wildman–Crippen MR) is 150 cm³/mol. The SMILES string of the molecule is CCCCCCOc1ccccc1CN(C(=O)c1ccc(-c2ccccc2CC)cc1)C1(O)CC1.O=CO. The molecule has 4 rings (SSSR count). The molecule has 6 nitrogen and oxygen atoms in total. The standard InChI is InChI=1S/C31H37NO3.CH2O2/c1-3-5-6-11-22-35-29-15-10-8-13-27(29)23-32(31(34)20-21-31)30(33)26-18-16-25(17-19-26)28-14-9-7-12-24(28)4-2;2-1-3/h7-10,12-19,34H,3-6,11,20-23H2,1-2H3;1H,(H,2,3). The lowest BCUT2D eigenvalue weighted by Gasteiger charge is -2.29. The first-order valence-corrected chi connectivity index (χ1v) is 13.5. The molecule has 1 aliphatic rings. The summed E-state index contributed by atoms with van der Waals surface area (Å²) in [6.45, 7) is 5.08. The summed E-state index contributed by atoms with van der Waals surface area (Å²) in [4.78, 5) is 23.5. The Morgan fingerprint density at radius 2 is 1.55 bits per heavy atom. The Labute approximate surface area is 225 Å². The number of hydrogen-bond acceptors (Lipinski definition) is 4. The van der Waals surface area contributed by atoms with E-state index in [1.54, 1.807) is 4.90 Å². The molecule has 0 atom stereocenters. The van der Waals surface area contributed by atoms with Crippen LogP contribution < -0.4 is 4.74 Å². The molecule has 0 unspecified atom stereocenters. The predicted octanol–water partition coefficient (Wildman–Crippen LogP) is 6.70. The smallest absolute Gasteiger partial charge is 0.290 e. The van der Waals surface area contributed by atoms with Crippen LogP contribution in [-0.2, 0) is 17.8 Å². The maximum atomic E-state index is 13.6. The van der Waals surface area contributed by atoms with Gasteiger partial charge in [-0.05, 0) is 60.6 Å². The van der Waals surface area contributed by atoms with Gasteiger partial charge in [0, 0.05) is 11.1 Å². The Kier molecular flexibility index (Phi) is 10.9. The van der Waals surface area contributed by atoms with Crippen LogP contribution in [-0.4, -0.2) is 39.8 Å². The van der Waals surface area contributed by atoms with E-state index in [0.717, 1.165) is 36.1 Å². The Bertz CT molecular complexity index is 1170. The highest BCUT2D eigenvalue weighted by molar-refractivity contribution is 5.95. The fourth-order valence-electron chi connectivity index (χ4n) is 4.50. The maximum absolute atomic E-state index is 13.6. The molecule has 0 radical (unpaired) electrons. The van der Waals surface area contributed by atoms with Gasteiger partial charge in [0.15, 0.2) is 0 Å². The minimum Gasteiger partial charge on any atom is -0.493 e. The van der Waals surface area contributed by atoms with Crippen molar-refractivity contribution in [2.45, 2.75) is 71.1 Å². The van der Waals surface area contributed by atoms with Crippen molar-refractivity contribution in [2.24, 2.45) is 0 Å². The van der Waals surface area contributed by atoms with Crippen LogP contribution in [0.3, 0.4) is 0 Å². The topological polar surface area (TPSA) is 87.1 Å². The molecule has 0 heterocycles. The van der Waals surface area contributed by atoms with Crippen LogP contribution in [0.1, 0.15) is 73.9 Å². The second-order valence-electron chi connectivity index (χ2n) is 9.58. The van der Waals surface area contributed by atoms with Gasteiger partial charge in [-0.3, -0.25) is 9.59 Å². The molecule has 3 aromatic carbocycles. The highest BCUT2D eigenvalue weighted by Crippen LogP contribution is 2.41. The van der Waals surface area contributed by atoms with Crippen molar-refractivity contribution in [1.29, 1.82) is 0 Å². The average molecular weight is 518 g/mol. The molecule has 0 aliphatic heterocycles. The van der Waals surface area contributed by atoms with E-state index < -0.39 is 5.72 Å². The molecule has 0 saturated heterocycles. The number of carboxylic acid groups (broad SMARTS) is 1.